The normalized spacial score (nSPS) is 11.1. The van der Waals surface area contributed by atoms with E-state index in [9.17, 15) is 37.8 Å². The van der Waals surface area contributed by atoms with Crippen LogP contribution in [0.5, 0.6) is 0 Å². The number of hydrogen-bond acceptors (Lipinski definition) is 8. The van der Waals surface area contributed by atoms with E-state index >= 15 is 0 Å². The van der Waals surface area contributed by atoms with E-state index < -0.39 is 45.7 Å². The van der Waals surface area contributed by atoms with Crippen LogP contribution in [0.4, 0.5) is 0 Å². The third-order valence-corrected chi connectivity index (χ3v) is 2.61. The Bertz CT molecular complexity index is 468. The molecule has 0 radical (unpaired) electrons. The summed E-state index contributed by atoms with van der Waals surface area (Å²) in [6.07, 6.45) is -1.92. The van der Waals surface area contributed by atoms with Gasteiger partial charge in [0.25, 0.3) is 10.1 Å². The standard InChI is InChI=1S/C4H6O7S.C4H6O4.Ni/c5-3(6)1-2(4(7)8)12(9,10)11;5-3(6)1-2-4(7)8;/h2H,1H2,(H,5,6)(H,7,8)(H,9,10,11);1-2H2,(H,5,6)(H,7,8);/q;;+2/p-2. The molecule has 13 heteroatoms. The molecule has 0 spiro atoms. The van der Waals surface area contributed by atoms with Crippen molar-refractivity contribution in [2.45, 2.75) is 24.5 Å². The first-order chi connectivity index (χ1) is 8.87. The molecule has 0 aromatic heterocycles. The average Bonchev–Trinajstić information content (AvgIpc) is 2.22. The molecule has 0 rings (SSSR count). The van der Waals surface area contributed by atoms with Crippen LogP contribution in [0.3, 0.4) is 0 Å². The second kappa shape index (κ2) is 11.0. The number of rotatable bonds is 7. The molecule has 0 aliphatic carbocycles. The van der Waals surface area contributed by atoms with E-state index in [0.29, 0.717) is 0 Å². The van der Waals surface area contributed by atoms with Crippen molar-refractivity contribution in [1.29, 1.82) is 0 Å². The topological polar surface area (TPSA) is 209 Å². The first-order valence-electron chi connectivity index (χ1n) is 4.68. The van der Waals surface area contributed by atoms with Crippen molar-refractivity contribution in [1.82, 2.24) is 0 Å². The van der Waals surface area contributed by atoms with Crippen LogP contribution in [-0.4, -0.2) is 52.3 Å². The predicted molar refractivity (Wildman–Crippen MR) is 54.5 cm³/mol. The molecule has 0 aromatic carbocycles. The maximum Gasteiger partial charge on any atom is 2.00 e. The molecule has 0 saturated carbocycles. The van der Waals surface area contributed by atoms with Gasteiger partial charge in [-0.05, 0) is 0 Å². The maximum absolute atomic E-state index is 10.2. The van der Waals surface area contributed by atoms with Crippen LogP contribution in [0.25, 0.3) is 0 Å². The number of carboxylic acid groups (broad SMARTS) is 4. The Kier molecular flexibility index (Phi) is 12.7. The third kappa shape index (κ3) is 16.2. The Morgan fingerprint density at radius 2 is 1.29 bits per heavy atom. The summed E-state index contributed by atoms with van der Waals surface area (Å²) in [6.45, 7) is 0. The van der Waals surface area contributed by atoms with Gasteiger partial charge >= 0.3 is 28.4 Å². The second-order valence-corrected chi connectivity index (χ2v) is 4.79. The van der Waals surface area contributed by atoms with Crippen LogP contribution in [0, 0.1) is 0 Å². The molecule has 21 heavy (non-hydrogen) atoms. The summed E-state index contributed by atoms with van der Waals surface area (Å²) in [4.78, 5) is 39.0. The Morgan fingerprint density at radius 3 is 1.38 bits per heavy atom. The van der Waals surface area contributed by atoms with Crippen molar-refractivity contribution in [3.8, 4) is 0 Å². The van der Waals surface area contributed by atoms with E-state index in [4.69, 9.17) is 14.8 Å². The fraction of sp³-hybridized carbons (Fsp3) is 0.500. The number of carbonyl (C=O) groups excluding carboxylic acids is 2. The zero-order valence-electron chi connectivity index (χ0n) is 10.0. The summed E-state index contributed by atoms with van der Waals surface area (Å²) in [5.74, 6) is -6.23. The van der Waals surface area contributed by atoms with Gasteiger partial charge in [0.05, 0.1) is 18.8 Å². The molecule has 3 N–H and O–H groups in total. The quantitative estimate of drug-likeness (QED) is 0.290. The molecule has 0 bridgehead atoms. The van der Waals surface area contributed by atoms with Gasteiger partial charge in [0.1, 0.15) is 5.25 Å². The molecule has 11 nitrogen and oxygen atoms in total. The molecule has 124 valence electrons. The summed E-state index contributed by atoms with van der Waals surface area (Å²) >= 11 is 0. The van der Waals surface area contributed by atoms with Gasteiger partial charge in [0.15, 0.2) is 0 Å². The van der Waals surface area contributed by atoms with Crippen LogP contribution in [0.1, 0.15) is 19.3 Å². The summed E-state index contributed by atoms with van der Waals surface area (Å²) in [5.41, 5.74) is 0. The first kappa shape index (κ1) is 24.3. The molecule has 0 amide bonds. The molecular formula is C8H10NiO11S. The van der Waals surface area contributed by atoms with Crippen LogP contribution in [-0.2, 0) is 45.8 Å². The Balaban J connectivity index is -0.000000317. The zero-order valence-corrected chi connectivity index (χ0v) is 11.8. The third-order valence-electron chi connectivity index (χ3n) is 1.53. The zero-order chi connectivity index (χ0) is 16.5. The van der Waals surface area contributed by atoms with Gasteiger partial charge in [-0.15, -0.1) is 0 Å². The Labute approximate surface area is 128 Å². The summed E-state index contributed by atoms with van der Waals surface area (Å²) < 4.78 is 28.5. The van der Waals surface area contributed by atoms with E-state index in [0.717, 1.165) is 0 Å². The Hall–Kier alpha value is -1.72. The second-order valence-electron chi connectivity index (χ2n) is 3.19. The molecular weight excluding hydrogens is 363 g/mol. The molecule has 0 saturated heterocycles. The molecule has 0 aromatic rings. The van der Waals surface area contributed by atoms with Gasteiger partial charge in [-0.3, -0.25) is 14.1 Å². The van der Waals surface area contributed by atoms with Crippen LogP contribution < -0.4 is 10.2 Å². The van der Waals surface area contributed by atoms with Crippen molar-refractivity contribution >= 4 is 34.0 Å². The van der Waals surface area contributed by atoms with Gasteiger partial charge in [0.2, 0.25) is 0 Å². The van der Waals surface area contributed by atoms with Crippen LogP contribution in [0.2, 0.25) is 0 Å². The fourth-order valence-corrected chi connectivity index (χ4v) is 1.27. The van der Waals surface area contributed by atoms with E-state index in [1.807, 2.05) is 0 Å². The van der Waals surface area contributed by atoms with E-state index in [1.165, 1.54) is 0 Å². The molecule has 0 aliphatic heterocycles. The number of aliphatic carboxylic acids is 4. The maximum atomic E-state index is 10.2. The van der Waals surface area contributed by atoms with Gasteiger partial charge in [0, 0.05) is 12.4 Å². The summed E-state index contributed by atoms with van der Waals surface area (Å²) in [5, 5.41) is 33.1. The van der Waals surface area contributed by atoms with Crippen molar-refractivity contribution in [3.63, 3.8) is 0 Å². The average molecular weight is 373 g/mol. The minimum absolute atomic E-state index is 0. The molecule has 0 fully saturated rings. The van der Waals surface area contributed by atoms with E-state index in [1.54, 1.807) is 0 Å². The van der Waals surface area contributed by atoms with Crippen molar-refractivity contribution in [2.75, 3.05) is 0 Å². The fourth-order valence-electron chi connectivity index (χ4n) is 0.675. The molecule has 0 heterocycles. The van der Waals surface area contributed by atoms with Gasteiger partial charge in [-0.1, -0.05) is 0 Å². The van der Waals surface area contributed by atoms with Crippen LogP contribution >= 0.6 is 0 Å². The van der Waals surface area contributed by atoms with Gasteiger partial charge < -0.3 is 30.0 Å². The molecule has 0 aliphatic rings. The Morgan fingerprint density at radius 1 is 0.952 bits per heavy atom. The van der Waals surface area contributed by atoms with Gasteiger partial charge in [-0.25, -0.2) is 0 Å². The first-order valence-corrected chi connectivity index (χ1v) is 6.18. The van der Waals surface area contributed by atoms with E-state index in [-0.39, 0.29) is 29.3 Å². The predicted octanol–water partition coefficient (Wildman–Crippen LogP) is -3.93. The van der Waals surface area contributed by atoms with Crippen molar-refractivity contribution in [2.24, 2.45) is 0 Å². The smallest absolute Gasteiger partial charge is 0.550 e. The van der Waals surface area contributed by atoms with Crippen molar-refractivity contribution < 1.29 is 69.1 Å². The largest absolute Gasteiger partial charge is 2.00 e. The number of hydrogen-bond donors (Lipinski definition) is 3. The minimum atomic E-state index is -4.94. The van der Waals surface area contributed by atoms with Gasteiger partial charge in [-0.2, -0.15) is 8.42 Å². The monoisotopic (exact) mass is 372 g/mol. The number of carbonyl (C=O) groups is 4. The minimum Gasteiger partial charge on any atom is -0.550 e. The van der Waals surface area contributed by atoms with Crippen LogP contribution in [0.15, 0.2) is 0 Å². The summed E-state index contributed by atoms with van der Waals surface area (Å²) in [6, 6.07) is 0. The summed E-state index contributed by atoms with van der Waals surface area (Å²) in [7, 11) is -4.94. The number of carboxylic acids is 4. The van der Waals surface area contributed by atoms with E-state index in [2.05, 4.69) is 0 Å². The molecule has 1 unspecified atom stereocenters. The SMILES string of the molecule is O=C(O)CCC(=O)O.O=C([O-])CC(C(=O)[O-])S(=O)(=O)O.[Ni+2]. The van der Waals surface area contributed by atoms with Crippen molar-refractivity contribution in [3.05, 3.63) is 0 Å². The molecule has 1 atom stereocenters.